The van der Waals surface area contributed by atoms with Crippen LogP contribution in [0.4, 0.5) is 13.2 Å². The second kappa shape index (κ2) is 10.6. The lowest BCUT2D eigenvalue weighted by Gasteiger charge is -2.34. The molecule has 0 radical (unpaired) electrons. The molecule has 0 aliphatic heterocycles. The van der Waals surface area contributed by atoms with Crippen molar-refractivity contribution in [2.75, 3.05) is 6.54 Å². The summed E-state index contributed by atoms with van der Waals surface area (Å²) >= 11 is 6.51. The fourth-order valence-corrected chi connectivity index (χ4v) is 4.61. The maximum absolute atomic E-state index is 13.1. The Bertz CT molecular complexity index is 1010. The summed E-state index contributed by atoms with van der Waals surface area (Å²) in [6, 6.07) is 4.56. The first-order valence-corrected chi connectivity index (χ1v) is 12.0. The van der Waals surface area contributed by atoms with Crippen LogP contribution in [0.2, 0.25) is 5.02 Å². The van der Waals surface area contributed by atoms with Crippen LogP contribution in [0.3, 0.4) is 0 Å². The summed E-state index contributed by atoms with van der Waals surface area (Å²) in [5, 5.41) is 17.6. The molecule has 3 rings (SSSR count). The molecule has 0 atom stereocenters. The average Bonchev–Trinajstić information content (AvgIpc) is 3.10. The monoisotopic (exact) mass is 501 g/mol. The number of rotatable bonds is 8. The summed E-state index contributed by atoms with van der Waals surface area (Å²) in [4.78, 5) is 12.9. The summed E-state index contributed by atoms with van der Waals surface area (Å²) in [5.41, 5.74) is -0.149. The third kappa shape index (κ3) is 6.24. The van der Waals surface area contributed by atoms with Crippen LogP contribution < -0.4 is 10.1 Å². The van der Waals surface area contributed by atoms with Gasteiger partial charge in [0, 0.05) is 18.7 Å². The maximum atomic E-state index is 13.1. The molecule has 10 heteroatoms. The van der Waals surface area contributed by atoms with Crippen molar-refractivity contribution in [2.24, 2.45) is 5.92 Å². The van der Waals surface area contributed by atoms with Crippen LogP contribution in [0.1, 0.15) is 68.9 Å². The van der Waals surface area contributed by atoms with Gasteiger partial charge in [0.05, 0.1) is 16.3 Å². The second-order valence-electron chi connectivity index (χ2n) is 9.04. The van der Waals surface area contributed by atoms with Gasteiger partial charge in [0.2, 0.25) is 0 Å². The van der Waals surface area contributed by atoms with Crippen LogP contribution in [0.5, 0.6) is 5.75 Å². The zero-order valence-corrected chi connectivity index (χ0v) is 20.4. The van der Waals surface area contributed by atoms with Crippen molar-refractivity contribution in [3.05, 3.63) is 34.5 Å². The van der Waals surface area contributed by atoms with Gasteiger partial charge < -0.3 is 15.2 Å². The minimum Gasteiger partial charge on any atom is -0.405 e. The molecule has 0 bridgehead atoms. The number of hydrogen-bond acceptors (Lipinski definition) is 4. The molecule has 1 heterocycles. The van der Waals surface area contributed by atoms with E-state index in [1.54, 1.807) is 13.0 Å². The van der Waals surface area contributed by atoms with Crippen molar-refractivity contribution in [1.82, 2.24) is 15.1 Å². The van der Waals surface area contributed by atoms with Crippen molar-refractivity contribution in [3.8, 4) is 17.0 Å². The van der Waals surface area contributed by atoms with Gasteiger partial charge in [-0.1, -0.05) is 37.9 Å². The molecule has 188 valence electrons. The third-order valence-electron chi connectivity index (χ3n) is 6.26. The Morgan fingerprint density at radius 3 is 2.59 bits per heavy atom. The number of nitrogens with one attached hydrogen (secondary N) is 1. The van der Waals surface area contributed by atoms with Crippen LogP contribution in [0.15, 0.2) is 18.2 Å². The van der Waals surface area contributed by atoms with Crippen LogP contribution in [0.25, 0.3) is 11.3 Å². The van der Waals surface area contributed by atoms with Gasteiger partial charge in [0.1, 0.15) is 5.75 Å². The van der Waals surface area contributed by atoms with E-state index in [-0.39, 0.29) is 35.1 Å². The van der Waals surface area contributed by atoms with Gasteiger partial charge in [-0.3, -0.25) is 9.48 Å². The number of carbonyl (C=O) groups is 1. The maximum Gasteiger partial charge on any atom is 0.573 e. The highest BCUT2D eigenvalue weighted by Gasteiger charge is 2.35. The highest BCUT2D eigenvalue weighted by atomic mass is 35.5. The van der Waals surface area contributed by atoms with E-state index in [0.29, 0.717) is 30.7 Å². The minimum absolute atomic E-state index is 0.0529. The number of benzene rings is 1. The number of hydrogen-bond donors (Lipinski definition) is 2. The lowest BCUT2D eigenvalue weighted by Crippen LogP contribution is -2.45. The Labute approximate surface area is 202 Å². The van der Waals surface area contributed by atoms with E-state index in [9.17, 15) is 23.1 Å². The van der Waals surface area contributed by atoms with Crippen LogP contribution in [-0.4, -0.2) is 39.3 Å². The smallest absolute Gasteiger partial charge is 0.405 e. The zero-order chi connectivity index (χ0) is 25.1. The summed E-state index contributed by atoms with van der Waals surface area (Å²) in [6.45, 7) is 6.12. The molecule has 1 fully saturated rings. The second-order valence-corrected chi connectivity index (χ2v) is 9.42. The predicted molar refractivity (Wildman–Crippen MR) is 124 cm³/mol. The Hall–Kier alpha value is -2.26. The molecule has 1 amide bonds. The highest BCUT2D eigenvalue weighted by Crippen LogP contribution is 2.40. The molecule has 1 aromatic carbocycles. The Morgan fingerprint density at radius 1 is 1.32 bits per heavy atom. The third-order valence-corrected chi connectivity index (χ3v) is 6.62. The number of aryl methyl sites for hydroxylation is 2. The lowest BCUT2D eigenvalue weighted by atomic mass is 9.79. The van der Waals surface area contributed by atoms with Crippen LogP contribution in [-0.2, 0) is 13.0 Å². The SMILES string of the molecule is CCCc1ccc(-c2c(Cl)c(C(=O)NCC3(O)CCC(C)CC3)nn2CC)c(OC(F)(F)F)c1. The van der Waals surface area contributed by atoms with Crippen LogP contribution in [0, 0.1) is 5.92 Å². The molecular formula is C24H31ClF3N3O3. The van der Waals surface area contributed by atoms with Crippen molar-refractivity contribution < 1.29 is 27.8 Å². The topological polar surface area (TPSA) is 76.4 Å². The summed E-state index contributed by atoms with van der Waals surface area (Å²) in [6.07, 6.45) is -0.636. The fourth-order valence-electron chi connectivity index (χ4n) is 4.29. The van der Waals surface area contributed by atoms with Gasteiger partial charge in [0.25, 0.3) is 5.91 Å². The molecule has 0 unspecified atom stereocenters. The van der Waals surface area contributed by atoms with E-state index in [1.807, 2.05) is 6.92 Å². The van der Waals surface area contributed by atoms with Crippen LogP contribution >= 0.6 is 11.6 Å². The molecule has 34 heavy (non-hydrogen) atoms. The number of aliphatic hydroxyl groups is 1. The number of aromatic nitrogens is 2. The van der Waals surface area contributed by atoms with E-state index in [1.165, 1.54) is 16.8 Å². The highest BCUT2D eigenvalue weighted by molar-refractivity contribution is 6.36. The van der Waals surface area contributed by atoms with Gasteiger partial charge in [0.15, 0.2) is 5.69 Å². The van der Waals surface area contributed by atoms with Crippen molar-refractivity contribution in [3.63, 3.8) is 0 Å². The zero-order valence-electron chi connectivity index (χ0n) is 19.6. The van der Waals surface area contributed by atoms with Crippen molar-refractivity contribution in [1.29, 1.82) is 0 Å². The van der Waals surface area contributed by atoms with E-state index in [4.69, 9.17) is 11.6 Å². The number of amides is 1. The Morgan fingerprint density at radius 2 is 2.00 bits per heavy atom. The molecule has 1 aromatic heterocycles. The van der Waals surface area contributed by atoms with E-state index in [0.717, 1.165) is 19.3 Å². The molecule has 1 saturated carbocycles. The number of carbonyl (C=O) groups excluding carboxylic acids is 1. The Kier molecular flexibility index (Phi) is 8.18. The quantitative estimate of drug-likeness (QED) is 0.483. The molecule has 0 saturated heterocycles. The molecule has 1 aliphatic carbocycles. The van der Waals surface area contributed by atoms with Gasteiger partial charge in [-0.15, -0.1) is 13.2 Å². The minimum atomic E-state index is -4.89. The van der Waals surface area contributed by atoms with Gasteiger partial charge in [-0.25, -0.2) is 0 Å². The molecule has 2 N–H and O–H groups in total. The number of ether oxygens (including phenoxy) is 1. The van der Waals surface area contributed by atoms with E-state index >= 15 is 0 Å². The molecule has 6 nitrogen and oxygen atoms in total. The Balaban J connectivity index is 1.92. The first-order chi connectivity index (χ1) is 16.0. The fraction of sp³-hybridized carbons (Fsp3) is 0.583. The average molecular weight is 502 g/mol. The summed E-state index contributed by atoms with van der Waals surface area (Å²) in [5.74, 6) is -0.455. The summed E-state index contributed by atoms with van der Waals surface area (Å²) < 4.78 is 45.1. The predicted octanol–water partition coefficient (Wildman–Crippen LogP) is 5.75. The van der Waals surface area contributed by atoms with E-state index < -0.39 is 23.6 Å². The van der Waals surface area contributed by atoms with Crippen molar-refractivity contribution in [2.45, 2.75) is 77.8 Å². The van der Waals surface area contributed by atoms with E-state index in [2.05, 4.69) is 22.1 Å². The number of halogens is 4. The molecule has 1 aliphatic rings. The normalized spacial score (nSPS) is 20.9. The standard InChI is InChI=1S/C24H31ClF3N3O3/c1-4-6-16-7-8-17(18(13-16)34-24(26,27)28)21-19(25)20(30-31(21)5-2)22(32)29-14-23(33)11-9-15(3)10-12-23/h7-8,13,15,33H,4-6,9-12,14H2,1-3H3,(H,29,32). The largest absolute Gasteiger partial charge is 0.573 e. The first kappa shape index (κ1) is 26.3. The van der Waals surface area contributed by atoms with Gasteiger partial charge >= 0.3 is 6.36 Å². The van der Waals surface area contributed by atoms with Gasteiger partial charge in [-0.05, 0) is 62.6 Å². The number of nitrogens with zero attached hydrogens (tertiary/aromatic N) is 2. The first-order valence-electron chi connectivity index (χ1n) is 11.6. The van der Waals surface area contributed by atoms with Crippen molar-refractivity contribution >= 4 is 17.5 Å². The molecule has 0 spiro atoms. The van der Waals surface area contributed by atoms with Gasteiger partial charge in [-0.2, -0.15) is 5.10 Å². The lowest BCUT2D eigenvalue weighted by molar-refractivity contribution is -0.274. The summed E-state index contributed by atoms with van der Waals surface area (Å²) in [7, 11) is 0. The molecule has 2 aromatic rings. The number of alkyl halides is 3. The molecular weight excluding hydrogens is 471 g/mol.